The van der Waals surface area contributed by atoms with Crippen molar-refractivity contribution < 1.29 is 19.1 Å². The number of carbonyl (C=O) groups excluding carboxylic acids is 2. The van der Waals surface area contributed by atoms with Crippen molar-refractivity contribution >= 4 is 34.8 Å². The van der Waals surface area contributed by atoms with Crippen LogP contribution >= 0.6 is 11.6 Å². The molecule has 7 heteroatoms. The Labute approximate surface area is 186 Å². The number of nitrogens with one attached hydrogen (secondary N) is 2. The highest BCUT2D eigenvalue weighted by atomic mass is 35.5. The van der Waals surface area contributed by atoms with Crippen molar-refractivity contribution in [3.8, 4) is 11.5 Å². The van der Waals surface area contributed by atoms with Gasteiger partial charge in [-0.1, -0.05) is 23.7 Å². The zero-order valence-corrected chi connectivity index (χ0v) is 18.0. The molecule has 0 aliphatic rings. The molecule has 2 N–H and O–H groups in total. The first kappa shape index (κ1) is 22.2. The minimum absolute atomic E-state index is 0.325. The molecular weight excluding hydrogens is 416 g/mol. The average molecular weight is 439 g/mol. The highest BCUT2D eigenvalue weighted by Gasteiger charge is 2.14. The number of hydrogen-bond acceptors (Lipinski definition) is 4. The monoisotopic (exact) mass is 438 g/mol. The summed E-state index contributed by atoms with van der Waals surface area (Å²) in [6, 6.07) is 18.6. The lowest BCUT2D eigenvalue weighted by Crippen LogP contribution is -2.15. The van der Waals surface area contributed by atoms with Gasteiger partial charge in [0.25, 0.3) is 11.8 Å². The summed E-state index contributed by atoms with van der Waals surface area (Å²) in [7, 11) is 0. The number of ether oxygens (including phenoxy) is 2. The molecular formula is C24H23ClN2O4. The number of rotatable bonds is 8. The summed E-state index contributed by atoms with van der Waals surface area (Å²) >= 11 is 6.24. The van der Waals surface area contributed by atoms with Crippen LogP contribution in [-0.4, -0.2) is 25.0 Å². The Hall–Kier alpha value is -3.51. The minimum Gasteiger partial charge on any atom is -0.494 e. The quantitative estimate of drug-likeness (QED) is 0.477. The summed E-state index contributed by atoms with van der Waals surface area (Å²) in [4.78, 5) is 25.3. The van der Waals surface area contributed by atoms with Gasteiger partial charge in [0.15, 0.2) is 0 Å². The number of benzene rings is 3. The molecule has 0 aliphatic carbocycles. The molecule has 3 rings (SSSR count). The van der Waals surface area contributed by atoms with Gasteiger partial charge in [-0.3, -0.25) is 9.59 Å². The van der Waals surface area contributed by atoms with Gasteiger partial charge in [0.2, 0.25) is 0 Å². The molecule has 6 nitrogen and oxygen atoms in total. The summed E-state index contributed by atoms with van der Waals surface area (Å²) in [6.45, 7) is 4.79. The summed E-state index contributed by atoms with van der Waals surface area (Å²) in [5.74, 6) is 0.573. The fourth-order valence-corrected chi connectivity index (χ4v) is 3.04. The highest BCUT2D eigenvalue weighted by Crippen LogP contribution is 2.27. The van der Waals surface area contributed by atoms with E-state index in [1.54, 1.807) is 48.5 Å². The molecule has 2 amide bonds. The lowest BCUT2D eigenvalue weighted by molar-refractivity contribution is 0.101. The molecule has 0 saturated carbocycles. The molecule has 0 aromatic heterocycles. The fraction of sp³-hybridized carbons (Fsp3) is 0.167. The third-order valence-corrected chi connectivity index (χ3v) is 4.67. The molecule has 31 heavy (non-hydrogen) atoms. The van der Waals surface area contributed by atoms with Gasteiger partial charge in [0, 0.05) is 11.1 Å². The van der Waals surface area contributed by atoms with Crippen LogP contribution in [0.4, 0.5) is 11.4 Å². The normalized spacial score (nSPS) is 10.3. The SMILES string of the molecule is CCOc1ccc(C(=O)Nc2cc(C(=O)Nc3ccccc3OCC)ccc2Cl)cc1. The van der Waals surface area contributed by atoms with Gasteiger partial charge in [0.1, 0.15) is 11.5 Å². The van der Waals surface area contributed by atoms with Crippen molar-refractivity contribution in [3.63, 3.8) is 0 Å². The van der Waals surface area contributed by atoms with Crippen molar-refractivity contribution in [2.75, 3.05) is 23.8 Å². The molecule has 0 bridgehead atoms. The van der Waals surface area contributed by atoms with E-state index in [9.17, 15) is 9.59 Å². The molecule has 0 saturated heterocycles. The van der Waals surface area contributed by atoms with E-state index in [1.807, 2.05) is 26.0 Å². The summed E-state index contributed by atoms with van der Waals surface area (Å²) < 4.78 is 10.9. The van der Waals surface area contributed by atoms with Gasteiger partial charge in [-0.05, 0) is 68.4 Å². The first-order valence-electron chi connectivity index (χ1n) is 9.88. The van der Waals surface area contributed by atoms with Crippen LogP contribution in [0.25, 0.3) is 0 Å². The van der Waals surface area contributed by atoms with Crippen molar-refractivity contribution in [1.82, 2.24) is 0 Å². The number of halogens is 1. The van der Waals surface area contributed by atoms with Gasteiger partial charge in [0.05, 0.1) is 29.6 Å². The average Bonchev–Trinajstić information content (AvgIpc) is 2.77. The van der Waals surface area contributed by atoms with Crippen molar-refractivity contribution in [1.29, 1.82) is 0 Å². The van der Waals surface area contributed by atoms with E-state index >= 15 is 0 Å². The summed E-state index contributed by atoms with van der Waals surface area (Å²) in [5, 5.41) is 5.90. The van der Waals surface area contributed by atoms with E-state index in [4.69, 9.17) is 21.1 Å². The fourth-order valence-electron chi connectivity index (χ4n) is 2.87. The molecule has 0 aliphatic heterocycles. The van der Waals surface area contributed by atoms with Crippen LogP contribution in [0.5, 0.6) is 11.5 Å². The number of amides is 2. The molecule has 0 atom stereocenters. The van der Waals surface area contributed by atoms with Gasteiger partial charge in [-0.2, -0.15) is 0 Å². The molecule has 0 heterocycles. The lowest BCUT2D eigenvalue weighted by Gasteiger charge is -2.13. The zero-order chi connectivity index (χ0) is 22.2. The van der Waals surface area contributed by atoms with E-state index in [1.165, 1.54) is 6.07 Å². The molecule has 0 spiro atoms. The maximum absolute atomic E-state index is 12.8. The number of hydrogen-bond donors (Lipinski definition) is 2. The number of carbonyl (C=O) groups is 2. The van der Waals surface area contributed by atoms with E-state index in [-0.39, 0.29) is 11.8 Å². The van der Waals surface area contributed by atoms with Crippen LogP contribution in [-0.2, 0) is 0 Å². The zero-order valence-electron chi connectivity index (χ0n) is 17.3. The third-order valence-electron chi connectivity index (χ3n) is 4.34. The molecule has 3 aromatic carbocycles. The van der Waals surface area contributed by atoms with Crippen LogP contribution in [0.1, 0.15) is 34.6 Å². The van der Waals surface area contributed by atoms with E-state index in [0.717, 1.165) is 0 Å². The predicted molar refractivity (Wildman–Crippen MR) is 123 cm³/mol. The predicted octanol–water partition coefficient (Wildman–Crippen LogP) is 5.64. The third kappa shape index (κ3) is 5.77. The van der Waals surface area contributed by atoms with E-state index in [2.05, 4.69) is 10.6 Å². The van der Waals surface area contributed by atoms with Crippen LogP contribution in [0.15, 0.2) is 66.7 Å². The molecule has 0 radical (unpaired) electrons. The van der Waals surface area contributed by atoms with Gasteiger partial charge >= 0.3 is 0 Å². The van der Waals surface area contributed by atoms with Crippen molar-refractivity contribution in [3.05, 3.63) is 82.9 Å². The van der Waals surface area contributed by atoms with Crippen molar-refractivity contribution in [2.45, 2.75) is 13.8 Å². The summed E-state index contributed by atoms with van der Waals surface area (Å²) in [6.07, 6.45) is 0. The Balaban J connectivity index is 1.75. The summed E-state index contributed by atoms with van der Waals surface area (Å²) in [5.41, 5.74) is 1.69. The van der Waals surface area contributed by atoms with Crippen LogP contribution < -0.4 is 20.1 Å². The second-order valence-electron chi connectivity index (χ2n) is 6.49. The first-order chi connectivity index (χ1) is 15.0. The Bertz CT molecular complexity index is 1070. The second kappa shape index (κ2) is 10.5. The Morgan fingerprint density at radius 2 is 1.39 bits per heavy atom. The Morgan fingerprint density at radius 1 is 0.774 bits per heavy atom. The standard InChI is InChI=1S/C24H23ClN2O4/c1-3-30-18-12-9-16(10-13-18)23(28)27-21-15-17(11-14-19(21)25)24(29)26-20-7-5-6-8-22(20)31-4-2/h5-15H,3-4H2,1-2H3,(H,26,29)(H,27,28). The number of para-hydroxylation sites is 2. The highest BCUT2D eigenvalue weighted by molar-refractivity contribution is 6.34. The lowest BCUT2D eigenvalue weighted by atomic mass is 10.1. The maximum atomic E-state index is 12.8. The Kier molecular flexibility index (Phi) is 7.51. The molecule has 3 aromatic rings. The first-order valence-corrected chi connectivity index (χ1v) is 10.3. The largest absolute Gasteiger partial charge is 0.494 e. The minimum atomic E-state index is -0.347. The van der Waals surface area contributed by atoms with E-state index in [0.29, 0.717) is 52.2 Å². The van der Waals surface area contributed by atoms with Gasteiger partial charge < -0.3 is 20.1 Å². The van der Waals surface area contributed by atoms with E-state index < -0.39 is 0 Å². The maximum Gasteiger partial charge on any atom is 0.255 e. The van der Waals surface area contributed by atoms with Crippen LogP contribution in [0.3, 0.4) is 0 Å². The Morgan fingerprint density at radius 3 is 2.10 bits per heavy atom. The smallest absolute Gasteiger partial charge is 0.255 e. The molecule has 160 valence electrons. The van der Waals surface area contributed by atoms with Gasteiger partial charge in [-0.15, -0.1) is 0 Å². The van der Waals surface area contributed by atoms with Gasteiger partial charge in [-0.25, -0.2) is 0 Å². The van der Waals surface area contributed by atoms with Crippen LogP contribution in [0, 0.1) is 0 Å². The topological polar surface area (TPSA) is 76.7 Å². The van der Waals surface area contributed by atoms with Crippen molar-refractivity contribution in [2.24, 2.45) is 0 Å². The second-order valence-corrected chi connectivity index (χ2v) is 6.90. The van der Waals surface area contributed by atoms with Crippen LogP contribution in [0.2, 0.25) is 5.02 Å². The molecule has 0 fully saturated rings. The molecule has 0 unspecified atom stereocenters. The number of anilines is 2.